The van der Waals surface area contributed by atoms with Gasteiger partial charge < -0.3 is 14.0 Å². The van der Waals surface area contributed by atoms with Crippen LogP contribution in [0.5, 0.6) is 5.75 Å². The van der Waals surface area contributed by atoms with Gasteiger partial charge in [0.2, 0.25) is 3.79 Å². The van der Waals surface area contributed by atoms with Crippen LogP contribution < -0.4 is 4.43 Å². The Morgan fingerprint density at radius 1 is 0.900 bits per heavy atom. The van der Waals surface area contributed by atoms with Crippen molar-refractivity contribution in [3.05, 3.63) is 29.3 Å². The molecule has 1 unspecified atom stereocenters. The summed E-state index contributed by atoms with van der Waals surface area (Å²) < 4.78 is 11.7. The van der Waals surface area contributed by atoms with Crippen molar-refractivity contribution in [2.24, 2.45) is 0 Å². The maximum absolute atomic E-state index is 9.64. The Bertz CT molecular complexity index is 718. The molecular formula is C22H39Cl3O3Si2. The van der Waals surface area contributed by atoms with E-state index in [-0.39, 0.29) is 16.7 Å². The Labute approximate surface area is 200 Å². The molecule has 174 valence electrons. The molecule has 1 aromatic carbocycles. The zero-order valence-corrected chi connectivity index (χ0v) is 24.4. The van der Waals surface area contributed by atoms with Crippen LogP contribution in [0, 0.1) is 0 Å². The molecule has 0 radical (unpaired) electrons. The van der Waals surface area contributed by atoms with Crippen molar-refractivity contribution in [2.45, 2.75) is 94.1 Å². The van der Waals surface area contributed by atoms with Crippen LogP contribution in [0.4, 0.5) is 0 Å². The lowest BCUT2D eigenvalue weighted by Crippen LogP contribution is -2.46. The summed E-state index contributed by atoms with van der Waals surface area (Å²) in [4.78, 5) is 0. The number of benzene rings is 1. The number of hydrogen-bond donors (Lipinski definition) is 1. The molecule has 30 heavy (non-hydrogen) atoms. The van der Waals surface area contributed by atoms with Crippen LogP contribution in [0.1, 0.15) is 58.8 Å². The highest BCUT2D eigenvalue weighted by atomic mass is 35.6. The van der Waals surface area contributed by atoms with Crippen molar-refractivity contribution < 1.29 is 14.0 Å². The molecule has 3 nitrogen and oxygen atoms in total. The van der Waals surface area contributed by atoms with Crippen LogP contribution in [0.3, 0.4) is 0 Å². The molecule has 0 heterocycles. The van der Waals surface area contributed by atoms with E-state index in [0.29, 0.717) is 12.2 Å². The van der Waals surface area contributed by atoms with E-state index in [0.717, 1.165) is 11.1 Å². The molecule has 0 amide bonds. The SMILES string of the molecule is CC(C)(C)[Si](C)(C)Oc1c(CCO)cccc1C(O[Si](C)(C)C(C)(C)C)C(Cl)(Cl)Cl. The lowest BCUT2D eigenvalue weighted by Gasteiger charge is -2.43. The first-order valence-corrected chi connectivity index (χ1v) is 17.4. The highest BCUT2D eigenvalue weighted by Crippen LogP contribution is 2.51. The van der Waals surface area contributed by atoms with Crippen molar-refractivity contribution in [1.29, 1.82) is 0 Å². The Kier molecular flexibility index (Phi) is 9.07. The second-order valence-corrected chi connectivity index (χ2v) is 22.8. The van der Waals surface area contributed by atoms with E-state index in [1.807, 2.05) is 18.2 Å². The Balaban J connectivity index is 3.67. The largest absolute Gasteiger partial charge is 0.543 e. The zero-order chi connectivity index (χ0) is 23.8. The number of alkyl halides is 3. The summed E-state index contributed by atoms with van der Waals surface area (Å²) in [6, 6.07) is 5.80. The van der Waals surface area contributed by atoms with E-state index in [4.69, 9.17) is 43.7 Å². The lowest BCUT2D eigenvalue weighted by atomic mass is 10.0. The minimum absolute atomic E-state index is 0.00758. The monoisotopic (exact) mass is 512 g/mol. The molecule has 8 heteroatoms. The van der Waals surface area contributed by atoms with Gasteiger partial charge in [0.05, 0.1) is 0 Å². The van der Waals surface area contributed by atoms with Crippen LogP contribution in [0.2, 0.25) is 36.3 Å². The molecule has 0 aliphatic rings. The molecule has 0 saturated carbocycles. The summed E-state index contributed by atoms with van der Waals surface area (Å²) in [5, 5.41) is 9.58. The smallest absolute Gasteiger partial charge is 0.250 e. The predicted molar refractivity (Wildman–Crippen MR) is 136 cm³/mol. The molecule has 1 atom stereocenters. The number of aliphatic hydroxyl groups is 1. The first-order valence-electron chi connectivity index (χ1n) is 10.4. The molecule has 0 fully saturated rings. The third-order valence-corrected chi connectivity index (χ3v) is 15.8. The first kappa shape index (κ1) is 28.3. The maximum atomic E-state index is 9.64. The second kappa shape index (κ2) is 9.62. The summed E-state index contributed by atoms with van der Waals surface area (Å²) in [6.45, 7) is 21.7. The summed E-state index contributed by atoms with van der Waals surface area (Å²) in [5.41, 5.74) is 1.63. The normalized spacial score (nSPS) is 15.3. The molecule has 1 rings (SSSR count). The Morgan fingerprint density at radius 3 is 1.80 bits per heavy atom. The zero-order valence-electron chi connectivity index (χ0n) is 20.1. The molecule has 0 aliphatic heterocycles. The van der Waals surface area contributed by atoms with Crippen LogP contribution in [0.25, 0.3) is 0 Å². The Hall–Kier alpha value is 0.244. The fourth-order valence-electron chi connectivity index (χ4n) is 2.44. The van der Waals surface area contributed by atoms with Gasteiger partial charge >= 0.3 is 0 Å². The van der Waals surface area contributed by atoms with Crippen LogP contribution in [0.15, 0.2) is 18.2 Å². The number of para-hydroxylation sites is 1. The minimum Gasteiger partial charge on any atom is -0.543 e. The van der Waals surface area contributed by atoms with Crippen molar-refractivity contribution in [2.75, 3.05) is 6.61 Å². The van der Waals surface area contributed by atoms with Gasteiger partial charge in [-0.25, -0.2) is 0 Å². The summed E-state index contributed by atoms with van der Waals surface area (Å²) in [7, 11) is -4.45. The van der Waals surface area contributed by atoms with Gasteiger partial charge in [-0.1, -0.05) is 94.5 Å². The molecule has 0 spiro atoms. The van der Waals surface area contributed by atoms with Gasteiger partial charge in [-0.3, -0.25) is 0 Å². The van der Waals surface area contributed by atoms with Gasteiger partial charge in [-0.05, 0) is 48.2 Å². The molecule has 1 N–H and O–H groups in total. The van der Waals surface area contributed by atoms with Crippen molar-refractivity contribution in [3.8, 4) is 5.75 Å². The fourth-order valence-corrected chi connectivity index (χ4v) is 5.46. The van der Waals surface area contributed by atoms with Crippen LogP contribution in [-0.2, 0) is 10.8 Å². The van der Waals surface area contributed by atoms with Gasteiger partial charge in [-0.15, -0.1) is 0 Å². The second-order valence-electron chi connectivity index (χ2n) is 11.0. The molecule has 0 bridgehead atoms. The number of rotatable bonds is 7. The molecule has 0 aliphatic carbocycles. The molecule has 0 saturated heterocycles. The van der Waals surface area contributed by atoms with Crippen LogP contribution in [-0.4, -0.2) is 32.1 Å². The third-order valence-electron chi connectivity index (χ3n) is 6.47. The van der Waals surface area contributed by atoms with Gasteiger partial charge in [0.1, 0.15) is 11.9 Å². The van der Waals surface area contributed by atoms with Crippen molar-refractivity contribution >= 4 is 51.4 Å². The quantitative estimate of drug-likeness (QED) is 0.296. The molecular weight excluding hydrogens is 475 g/mol. The summed E-state index contributed by atoms with van der Waals surface area (Å²) in [5.74, 6) is 0.688. The van der Waals surface area contributed by atoms with Gasteiger partial charge in [-0.2, -0.15) is 0 Å². The topological polar surface area (TPSA) is 38.7 Å². The average Bonchev–Trinajstić information content (AvgIpc) is 2.51. The minimum atomic E-state index is -2.26. The highest BCUT2D eigenvalue weighted by Gasteiger charge is 2.47. The van der Waals surface area contributed by atoms with Gasteiger partial charge in [0, 0.05) is 12.2 Å². The first-order chi connectivity index (χ1) is 13.2. The average molecular weight is 514 g/mol. The van der Waals surface area contributed by atoms with E-state index >= 15 is 0 Å². The van der Waals surface area contributed by atoms with E-state index in [9.17, 15) is 5.11 Å². The van der Waals surface area contributed by atoms with E-state index in [1.54, 1.807) is 0 Å². The molecule has 0 aromatic heterocycles. The number of halogens is 3. The Morgan fingerprint density at radius 2 is 1.40 bits per heavy atom. The van der Waals surface area contributed by atoms with E-state index in [1.165, 1.54) is 0 Å². The third kappa shape index (κ3) is 6.87. The van der Waals surface area contributed by atoms with Crippen molar-refractivity contribution in [3.63, 3.8) is 0 Å². The standard InChI is InChI=1S/C22H39Cl3O3Si2/c1-20(2,3)29(7,8)27-18-16(14-15-26)12-11-13-17(18)19(22(23,24)25)28-30(9,10)21(4,5)6/h11-13,19,26H,14-15H2,1-10H3. The maximum Gasteiger partial charge on any atom is 0.250 e. The summed E-state index contributed by atoms with van der Waals surface area (Å²) >= 11 is 19.5. The highest BCUT2D eigenvalue weighted by molar-refractivity contribution is 6.75. The van der Waals surface area contributed by atoms with E-state index in [2.05, 4.69) is 67.7 Å². The predicted octanol–water partition coefficient (Wildman–Crippen LogP) is 8.04. The summed E-state index contributed by atoms with van der Waals surface area (Å²) in [6.07, 6.45) is -0.313. The van der Waals surface area contributed by atoms with Gasteiger partial charge in [0.25, 0.3) is 8.32 Å². The number of aliphatic hydroxyl groups excluding tert-OH is 1. The lowest BCUT2D eigenvalue weighted by molar-refractivity contribution is 0.184. The van der Waals surface area contributed by atoms with E-state index < -0.39 is 26.5 Å². The fraction of sp³-hybridized carbons (Fsp3) is 0.727. The number of hydrogen-bond acceptors (Lipinski definition) is 3. The molecule has 1 aromatic rings. The van der Waals surface area contributed by atoms with Crippen molar-refractivity contribution in [1.82, 2.24) is 0 Å². The van der Waals surface area contributed by atoms with Crippen LogP contribution >= 0.6 is 34.8 Å². The van der Waals surface area contributed by atoms with Gasteiger partial charge in [0.15, 0.2) is 8.32 Å².